The minimum Gasteiger partial charge on any atom is -0.479 e. The van der Waals surface area contributed by atoms with Crippen molar-refractivity contribution in [2.45, 2.75) is 25.8 Å². The Morgan fingerprint density at radius 1 is 1.16 bits per heavy atom. The molecule has 2 N–H and O–H groups in total. The van der Waals surface area contributed by atoms with E-state index >= 15 is 0 Å². The molecular weight excluding hydrogens is 537 g/mol. The van der Waals surface area contributed by atoms with E-state index in [0.717, 1.165) is 42.3 Å². The molecule has 0 aliphatic carbocycles. The number of hydrogen-bond donors (Lipinski definition) is 2. The first-order valence-corrected chi connectivity index (χ1v) is 12.6. The highest BCUT2D eigenvalue weighted by molar-refractivity contribution is 7.10. The lowest BCUT2D eigenvalue weighted by atomic mass is 10.2. The fourth-order valence-electron chi connectivity index (χ4n) is 3.49. The molecule has 5 rings (SSSR count). The summed E-state index contributed by atoms with van der Waals surface area (Å²) in [6, 6.07) is 12.0. The van der Waals surface area contributed by atoms with E-state index in [4.69, 9.17) is 34.4 Å². The van der Waals surface area contributed by atoms with E-state index in [1.807, 2.05) is 30.3 Å². The molecule has 0 atom stereocenters. The number of anilines is 2. The summed E-state index contributed by atoms with van der Waals surface area (Å²) in [6.07, 6.45) is 9.47. The maximum Gasteiger partial charge on any atom is 0.350 e. The number of fused-ring (bicyclic) bond motifs is 1. The SMILES string of the molecule is C#CCOc1cc(-n2nc3n(c2=O)CCCC3)c(Cl)cc1Cl.O=C(Nc1ccccc1)Nc1cnns1. The first kappa shape index (κ1) is 26.2. The molecule has 37 heavy (non-hydrogen) atoms. The lowest BCUT2D eigenvalue weighted by Crippen LogP contribution is -2.26. The highest BCUT2D eigenvalue weighted by atomic mass is 35.5. The fourth-order valence-corrected chi connectivity index (χ4v) is 4.42. The first-order valence-electron chi connectivity index (χ1n) is 11.1. The van der Waals surface area contributed by atoms with Crippen molar-refractivity contribution in [1.29, 1.82) is 0 Å². The maximum absolute atomic E-state index is 12.5. The van der Waals surface area contributed by atoms with Crippen LogP contribution in [0.3, 0.4) is 0 Å². The van der Waals surface area contributed by atoms with Crippen molar-refractivity contribution in [3.05, 3.63) is 75.0 Å². The molecule has 3 heterocycles. The average Bonchev–Trinajstić information content (AvgIpc) is 3.52. The molecule has 0 bridgehead atoms. The van der Waals surface area contributed by atoms with Crippen LogP contribution in [0.4, 0.5) is 15.5 Å². The second-order valence-corrected chi connectivity index (χ2v) is 9.27. The number of aryl methyl sites for hydroxylation is 1. The third-order valence-corrected chi connectivity index (χ3v) is 6.32. The molecule has 0 unspecified atom stereocenters. The predicted molar refractivity (Wildman–Crippen MR) is 144 cm³/mol. The van der Waals surface area contributed by atoms with Crippen LogP contribution in [-0.4, -0.2) is 36.6 Å². The number of hydrogen-bond acceptors (Lipinski definition) is 7. The molecule has 1 aliphatic rings. The lowest BCUT2D eigenvalue weighted by Gasteiger charge is -2.09. The number of carbonyl (C=O) groups is 1. The summed E-state index contributed by atoms with van der Waals surface area (Å²) < 4.78 is 12.0. The Hall–Kier alpha value is -3.85. The first-order chi connectivity index (χ1) is 18.0. The standard InChI is InChI=1S/C15H13Cl2N3O2.C9H8N4OS/c1-2-7-22-13-9-12(10(16)8-11(13)17)20-15(21)19-6-4-3-5-14(19)18-20;14-9(12-8-6-10-13-15-8)11-7-4-2-1-3-5-7/h1,8-9H,3-7H2;1-6H,(H2,11,12,14). The van der Waals surface area contributed by atoms with E-state index in [9.17, 15) is 9.59 Å². The number of amides is 2. The number of aromatic nitrogens is 5. The van der Waals surface area contributed by atoms with Crippen LogP contribution in [0.2, 0.25) is 10.0 Å². The minimum atomic E-state index is -0.299. The van der Waals surface area contributed by atoms with Crippen LogP contribution >= 0.6 is 34.7 Å². The number of rotatable bonds is 5. The number of nitrogens with zero attached hydrogens (tertiary/aromatic N) is 5. The monoisotopic (exact) mass is 557 g/mol. The summed E-state index contributed by atoms with van der Waals surface area (Å²) in [5, 5.41) is 14.6. The predicted octanol–water partition coefficient (Wildman–Crippen LogP) is 4.87. The molecule has 1 aliphatic heterocycles. The van der Waals surface area contributed by atoms with E-state index < -0.39 is 0 Å². The number of urea groups is 1. The van der Waals surface area contributed by atoms with Crippen molar-refractivity contribution >= 4 is 51.5 Å². The smallest absolute Gasteiger partial charge is 0.350 e. The molecule has 2 amide bonds. The van der Waals surface area contributed by atoms with Crippen LogP contribution in [-0.2, 0) is 13.0 Å². The number of terminal acetylenes is 1. The maximum atomic E-state index is 12.5. The Morgan fingerprint density at radius 2 is 1.97 bits per heavy atom. The zero-order valence-electron chi connectivity index (χ0n) is 19.4. The van der Waals surface area contributed by atoms with Crippen LogP contribution in [0.25, 0.3) is 5.69 Å². The molecule has 190 valence electrons. The number of ether oxygens (including phenoxy) is 1. The van der Waals surface area contributed by atoms with E-state index in [0.29, 0.717) is 33.0 Å². The quantitative estimate of drug-likeness (QED) is 0.338. The van der Waals surface area contributed by atoms with Crippen molar-refractivity contribution in [1.82, 2.24) is 23.9 Å². The Labute approximate surface area is 226 Å². The van der Waals surface area contributed by atoms with Gasteiger partial charge in [-0.1, -0.05) is 51.8 Å². The van der Waals surface area contributed by atoms with Gasteiger partial charge in [0.25, 0.3) is 0 Å². The Kier molecular flexibility index (Phi) is 8.79. The molecule has 13 heteroatoms. The fraction of sp³-hybridized carbons (Fsp3) is 0.208. The Morgan fingerprint density at radius 3 is 2.68 bits per heavy atom. The lowest BCUT2D eigenvalue weighted by molar-refractivity contribution is 0.262. The highest BCUT2D eigenvalue weighted by Crippen LogP contribution is 2.32. The summed E-state index contributed by atoms with van der Waals surface area (Å²) in [4.78, 5) is 23.9. The van der Waals surface area contributed by atoms with Gasteiger partial charge in [0.05, 0.1) is 21.9 Å². The zero-order chi connectivity index (χ0) is 26.2. The van der Waals surface area contributed by atoms with Gasteiger partial charge in [-0.3, -0.25) is 9.88 Å². The van der Waals surface area contributed by atoms with E-state index in [1.54, 1.807) is 10.6 Å². The largest absolute Gasteiger partial charge is 0.479 e. The summed E-state index contributed by atoms with van der Waals surface area (Å²) in [5.41, 5.74) is 0.972. The number of halogens is 2. The molecule has 0 radical (unpaired) electrons. The summed E-state index contributed by atoms with van der Waals surface area (Å²) >= 11 is 13.4. The molecule has 2 aromatic heterocycles. The van der Waals surface area contributed by atoms with E-state index in [-0.39, 0.29) is 18.3 Å². The molecule has 4 aromatic rings. The average molecular weight is 558 g/mol. The highest BCUT2D eigenvalue weighted by Gasteiger charge is 2.20. The number of benzene rings is 2. The Bertz CT molecular complexity index is 1460. The van der Waals surface area contributed by atoms with Gasteiger partial charge in [0.15, 0.2) is 0 Å². The summed E-state index contributed by atoms with van der Waals surface area (Å²) in [6.45, 7) is 0.759. The van der Waals surface area contributed by atoms with Gasteiger partial charge in [0, 0.05) is 36.3 Å². The second-order valence-electron chi connectivity index (χ2n) is 7.67. The van der Waals surface area contributed by atoms with Gasteiger partial charge < -0.3 is 10.1 Å². The number of carbonyl (C=O) groups excluding carboxylic acids is 1. The molecule has 0 saturated heterocycles. The van der Waals surface area contributed by atoms with Crippen molar-refractivity contribution in [3.63, 3.8) is 0 Å². The molecule has 10 nitrogen and oxygen atoms in total. The van der Waals surface area contributed by atoms with Crippen molar-refractivity contribution in [2.75, 3.05) is 17.2 Å². The van der Waals surface area contributed by atoms with Gasteiger partial charge in [0.2, 0.25) is 0 Å². The van der Waals surface area contributed by atoms with E-state index in [1.165, 1.54) is 16.9 Å². The molecule has 0 spiro atoms. The number of nitrogens with one attached hydrogen (secondary N) is 2. The van der Waals surface area contributed by atoms with Crippen molar-refractivity contribution in [2.24, 2.45) is 0 Å². The van der Waals surface area contributed by atoms with Crippen LogP contribution in [0.15, 0.2) is 53.5 Å². The summed E-state index contributed by atoms with van der Waals surface area (Å²) in [7, 11) is 0. The second kappa shape index (κ2) is 12.4. The molecular formula is C24H21Cl2N7O3S. The van der Waals surface area contributed by atoms with Gasteiger partial charge in [-0.25, -0.2) is 9.59 Å². The minimum absolute atomic E-state index is 0.0788. The zero-order valence-corrected chi connectivity index (χ0v) is 21.7. The number of para-hydroxylation sites is 1. The van der Waals surface area contributed by atoms with Crippen LogP contribution < -0.4 is 21.1 Å². The van der Waals surface area contributed by atoms with Crippen LogP contribution in [0, 0.1) is 12.3 Å². The topological polar surface area (TPSA) is 116 Å². The van der Waals surface area contributed by atoms with Gasteiger partial charge in [-0.05, 0) is 31.0 Å². The van der Waals surface area contributed by atoms with Gasteiger partial charge in [-0.15, -0.1) is 16.6 Å². The van der Waals surface area contributed by atoms with Crippen molar-refractivity contribution < 1.29 is 9.53 Å². The van der Waals surface area contributed by atoms with Gasteiger partial charge in [-0.2, -0.15) is 4.68 Å². The normalized spacial score (nSPS) is 11.9. The van der Waals surface area contributed by atoms with Gasteiger partial charge >= 0.3 is 11.7 Å². The van der Waals surface area contributed by atoms with Crippen LogP contribution in [0.5, 0.6) is 5.75 Å². The molecule has 0 saturated carbocycles. The third kappa shape index (κ3) is 6.68. The van der Waals surface area contributed by atoms with Crippen molar-refractivity contribution in [3.8, 4) is 23.8 Å². The van der Waals surface area contributed by atoms with E-state index in [2.05, 4.69) is 31.2 Å². The third-order valence-electron chi connectivity index (χ3n) is 5.14. The molecule has 0 fully saturated rings. The van der Waals surface area contributed by atoms with Gasteiger partial charge in [0.1, 0.15) is 23.2 Å². The Balaban J connectivity index is 0.000000186. The molecule has 2 aromatic carbocycles. The van der Waals surface area contributed by atoms with Crippen LogP contribution in [0.1, 0.15) is 18.7 Å². The summed E-state index contributed by atoms with van der Waals surface area (Å²) in [5.74, 6) is 3.51.